The molecule has 0 heterocycles. The standard InChI is InChI=1S/C29H35N3O2/c1-20(2)18-32(29(34)23-12-9-10-21(3)16-23)19-24-17-25(14-15-27(24)31(5)6)30-28(33)26-13-8-7-11-22(26)4/h7-17,20H,18-19H2,1-6H3,(H,30,33). The average molecular weight is 458 g/mol. The summed E-state index contributed by atoms with van der Waals surface area (Å²) in [6.45, 7) is 9.24. The van der Waals surface area contributed by atoms with Gasteiger partial charge in [-0.05, 0) is 67.3 Å². The quantitative estimate of drug-likeness (QED) is 0.457. The van der Waals surface area contributed by atoms with Crippen LogP contribution in [-0.4, -0.2) is 37.4 Å². The summed E-state index contributed by atoms with van der Waals surface area (Å²) in [5, 5.41) is 3.03. The molecular weight excluding hydrogens is 422 g/mol. The Morgan fingerprint density at radius 1 is 0.912 bits per heavy atom. The molecule has 0 saturated carbocycles. The Kier molecular flexibility index (Phi) is 8.11. The highest BCUT2D eigenvalue weighted by Gasteiger charge is 2.20. The zero-order valence-corrected chi connectivity index (χ0v) is 21.1. The molecule has 34 heavy (non-hydrogen) atoms. The molecule has 0 fully saturated rings. The molecule has 0 radical (unpaired) electrons. The molecule has 2 amide bonds. The van der Waals surface area contributed by atoms with Gasteiger partial charge in [0.15, 0.2) is 0 Å². The first-order valence-electron chi connectivity index (χ1n) is 11.7. The van der Waals surface area contributed by atoms with Crippen molar-refractivity contribution in [2.75, 3.05) is 30.9 Å². The van der Waals surface area contributed by atoms with Gasteiger partial charge in [0.25, 0.3) is 11.8 Å². The Labute approximate surface area is 203 Å². The monoisotopic (exact) mass is 457 g/mol. The van der Waals surface area contributed by atoms with Crippen molar-refractivity contribution >= 4 is 23.2 Å². The van der Waals surface area contributed by atoms with Crippen LogP contribution in [0.1, 0.15) is 51.3 Å². The number of nitrogens with zero attached hydrogens (tertiary/aromatic N) is 2. The number of hydrogen-bond donors (Lipinski definition) is 1. The smallest absolute Gasteiger partial charge is 0.255 e. The summed E-state index contributed by atoms with van der Waals surface area (Å²) in [5.74, 6) is 0.188. The summed E-state index contributed by atoms with van der Waals surface area (Å²) in [6, 6.07) is 21.1. The molecule has 5 nitrogen and oxygen atoms in total. The van der Waals surface area contributed by atoms with Gasteiger partial charge in [-0.25, -0.2) is 0 Å². The van der Waals surface area contributed by atoms with Crippen LogP contribution in [0.15, 0.2) is 66.7 Å². The second-order valence-corrected chi connectivity index (χ2v) is 9.46. The van der Waals surface area contributed by atoms with Gasteiger partial charge in [-0.2, -0.15) is 0 Å². The number of hydrogen-bond acceptors (Lipinski definition) is 3. The lowest BCUT2D eigenvalue weighted by molar-refractivity contribution is 0.0722. The number of amides is 2. The van der Waals surface area contributed by atoms with E-state index < -0.39 is 0 Å². The molecule has 178 valence electrons. The normalized spacial score (nSPS) is 10.8. The summed E-state index contributed by atoms with van der Waals surface area (Å²) in [4.78, 5) is 30.2. The third-order valence-corrected chi connectivity index (χ3v) is 5.71. The summed E-state index contributed by atoms with van der Waals surface area (Å²) in [5.41, 5.74) is 6.03. The maximum absolute atomic E-state index is 13.4. The Bertz CT molecular complexity index is 1170. The van der Waals surface area contributed by atoms with E-state index in [4.69, 9.17) is 0 Å². The van der Waals surface area contributed by atoms with E-state index in [0.29, 0.717) is 35.8 Å². The average Bonchev–Trinajstić information content (AvgIpc) is 2.78. The molecule has 0 aliphatic rings. The number of carbonyl (C=O) groups excluding carboxylic acids is 2. The molecule has 0 unspecified atom stereocenters. The van der Waals surface area contributed by atoms with Crippen molar-refractivity contribution in [3.05, 3.63) is 94.5 Å². The third-order valence-electron chi connectivity index (χ3n) is 5.71. The van der Waals surface area contributed by atoms with Crippen LogP contribution in [-0.2, 0) is 6.54 Å². The van der Waals surface area contributed by atoms with Crippen LogP contribution in [0.4, 0.5) is 11.4 Å². The van der Waals surface area contributed by atoms with Gasteiger partial charge < -0.3 is 15.1 Å². The molecule has 0 aliphatic heterocycles. The third kappa shape index (κ3) is 6.25. The molecule has 0 aromatic heterocycles. The van der Waals surface area contributed by atoms with Crippen LogP contribution in [0.25, 0.3) is 0 Å². The first-order valence-corrected chi connectivity index (χ1v) is 11.7. The highest BCUT2D eigenvalue weighted by atomic mass is 16.2. The van der Waals surface area contributed by atoms with Crippen LogP contribution >= 0.6 is 0 Å². The van der Waals surface area contributed by atoms with E-state index in [1.807, 2.05) is 104 Å². The van der Waals surface area contributed by atoms with E-state index in [9.17, 15) is 9.59 Å². The maximum Gasteiger partial charge on any atom is 0.255 e. The molecular formula is C29H35N3O2. The number of carbonyl (C=O) groups is 2. The van der Waals surface area contributed by atoms with E-state index >= 15 is 0 Å². The number of aryl methyl sites for hydroxylation is 2. The van der Waals surface area contributed by atoms with Crippen molar-refractivity contribution in [3.8, 4) is 0 Å². The molecule has 0 saturated heterocycles. The zero-order chi connectivity index (χ0) is 24.8. The summed E-state index contributed by atoms with van der Waals surface area (Å²) < 4.78 is 0. The SMILES string of the molecule is Cc1cccc(C(=O)N(Cc2cc(NC(=O)c3ccccc3C)ccc2N(C)C)CC(C)C)c1. The van der Waals surface area contributed by atoms with Gasteiger partial charge >= 0.3 is 0 Å². The van der Waals surface area contributed by atoms with Gasteiger partial charge in [0.2, 0.25) is 0 Å². The largest absolute Gasteiger partial charge is 0.377 e. The molecule has 3 aromatic carbocycles. The zero-order valence-electron chi connectivity index (χ0n) is 21.1. The summed E-state index contributed by atoms with van der Waals surface area (Å²) >= 11 is 0. The van der Waals surface area contributed by atoms with E-state index in [-0.39, 0.29) is 11.8 Å². The molecule has 0 atom stereocenters. The first kappa shape index (κ1) is 25.0. The lowest BCUT2D eigenvalue weighted by atomic mass is 10.1. The second kappa shape index (κ2) is 11.0. The van der Waals surface area contributed by atoms with Crippen molar-refractivity contribution in [1.82, 2.24) is 4.90 Å². The number of benzene rings is 3. The molecule has 0 aliphatic carbocycles. The lowest BCUT2D eigenvalue weighted by Gasteiger charge is -2.28. The minimum Gasteiger partial charge on any atom is -0.377 e. The van der Waals surface area contributed by atoms with Gasteiger partial charge in [0, 0.05) is 49.7 Å². The van der Waals surface area contributed by atoms with Gasteiger partial charge in [0.1, 0.15) is 0 Å². The first-order chi connectivity index (χ1) is 16.2. The predicted octanol–water partition coefficient (Wildman–Crippen LogP) is 5.92. The van der Waals surface area contributed by atoms with Gasteiger partial charge in [0.05, 0.1) is 0 Å². The molecule has 5 heteroatoms. The van der Waals surface area contributed by atoms with Crippen molar-refractivity contribution < 1.29 is 9.59 Å². The maximum atomic E-state index is 13.4. The molecule has 1 N–H and O–H groups in total. The molecule has 0 bridgehead atoms. The highest BCUT2D eigenvalue weighted by Crippen LogP contribution is 2.26. The Morgan fingerprint density at radius 2 is 1.65 bits per heavy atom. The van der Waals surface area contributed by atoms with Crippen LogP contribution in [0, 0.1) is 19.8 Å². The summed E-state index contributed by atoms with van der Waals surface area (Å²) in [7, 11) is 3.97. The Balaban J connectivity index is 1.92. The topological polar surface area (TPSA) is 52.7 Å². The minimum atomic E-state index is -0.142. The minimum absolute atomic E-state index is 0.0106. The van der Waals surface area contributed by atoms with Gasteiger partial charge in [-0.1, -0.05) is 49.7 Å². The summed E-state index contributed by atoms with van der Waals surface area (Å²) in [6.07, 6.45) is 0. The van der Waals surface area contributed by atoms with Crippen molar-refractivity contribution in [1.29, 1.82) is 0 Å². The van der Waals surface area contributed by atoms with E-state index in [2.05, 4.69) is 19.2 Å². The van der Waals surface area contributed by atoms with Crippen LogP contribution in [0.3, 0.4) is 0 Å². The fourth-order valence-corrected chi connectivity index (χ4v) is 4.08. The lowest BCUT2D eigenvalue weighted by Crippen LogP contribution is -2.34. The van der Waals surface area contributed by atoms with Crippen molar-refractivity contribution in [2.24, 2.45) is 5.92 Å². The number of anilines is 2. The predicted molar refractivity (Wildman–Crippen MR) is 141 cm³/mol. The van der Waals surface area contributed by atoms with Crippen molar-refractivity contribution in [2.45, 2.75) is 34.2 Å². The van der Waals surface area contributed by atoms with Crippen LogP contribution in [0.5, 0.6) is 0 Å². The molecule has 3 rings (SSSR count). The fraction of sp³-hybridized carbons (Fsp3) is 0.310. The van der Waals surface area contributed by atoms with E-state index in [1.165, 1.54) is 0 Å². The fourth-order valence-electron chi connectivity index (χ4n) is 4.08. The number of rotatable bonds is 8. The van der Waals surface area contributed by atoms with E-state index in [1.54, 1.807) is 0 Å². The highest BCUT2D eigenvalue weighted by molar-refractivity contribution is 6.05. The van der Waals surface area contributed by atoms with Gasteiger partial charge in [-0.3, -0.25) is 9.59 Å². The number of nitrogens with one attached hydrogen (secondary N) is 1. The Morgan fingerprint density at radius 3 is 2.29 bits per heavy atom. The Hall–Kier alpha value is -3.60. The van der Waals surface area contributed by atoms with Crippen LogP contribution < -0.4 is 10.2 Å². The van der Waals surface area contributed by atoms with Crippen molar-refractivity contribution in [3.63, 3.8) is 0 Å². The van der Waals surface area contributed by atoms with Gasteiger partial charge in [-0.15, -0.1) is 0 Å². The van der Waals surface area contributed by atoms with Crippen LogP contribution in [0.2, 0.25) is 0 Å². The molecule has 0 spiro atoms. The van der Waals surface area contributed by atoms with E-state index in [0.717, 1.165) is 22.4 Å². The molecule has 3 aromatic rings. The second-order valence-electron chi connectivity index (χ2n) is 9.46.